The number of rotatable bonds is 23. The minimum absolute atomic E-state index is 0.136. The van der Waals surface area contributed by atoms with E-state index in [0.29, 0.717) is 16.6 Å². The number of ether oxygens (including phenoxy) is 2. The maximum atomic E-state index is 7.32. The molecule has 0 aliphatic heterocycles. The molecular weight excluding hydrogens is 543 g/mol. The maximum absolute atomic E-state index is 7.32. The van der Waals surface area contributed by atoms with Gasteiger partial charge in [0.05, 0.1) is 0 Å². The van der Waals surface area contributed by atoms with Gasteiger partial charge in [-0.15, -0.1) is 0 Å². The standard InChI is InChI=1S/C17H37O3Si.3C4H9.Sn/c1-8-10-11-12-13-17(20-16(4)18-9-2)15(3)14-19-21(5,6)7;3*1-3-4-2;/h14-17H,8-13H2,1-7H3;3*1,3-4H2,2H3;/t15-,16?,17-;;;;/m0..../s1. The van der Waals surface area contributed by atoms with Crippen LogP contribution < -0.4 is 0 Å². The molecule has 0 amide bonds. The van der Waals surface area contributed by atoms with Crippen LogP contribution in [0.1, 0.15) is 119 Å². The molecule has 5 heteroatoms. The average molecular weight is 608 g/mol. The molecule has 0 rings (SSSR count). The van der Waals surface area contributed by atoms with Crippen LogP contribution in [0.15, 0.2) is 0 Å². The molecule has 4 atom stereocenters. The molecule has 34 heavy (non-hydrogen) atoms. The van der Waals surface area contributed by atoms with E-state index >= 15 is 0 Å². The van der Waals surface area contributed by atoms with Gasteiger partial charge in [-0.05, 0) is 0 Å². The van der Waals surface area contributed by atoms with Crippen molar-refractivity contribution in [1.82, 2.24) is 0 Å². The van der Waals surface area contributed by atoms with Crippen molar-refractivity contribution in [3.8, 4) is 0 Å². The topological polar surface area (TPSA) is 27.7 Å². The predicted molar refractivity (Wildman–Crippen MR) is 157 cm³/mol. The Kier molecular flexibility index (Phi) is 20.5. The quantitative estimate of drug-likeness (QED) is 0.0657. The summed E-state index contributed by atoms with van der Waals surface area (Å²) in [4.78, 5) is 0. The fourth-order valence-electron chi connectivity index (χ4n) is 5.50. The van der Waals surface area contributed by atoms with Gasteiger partial charge in [-0.3, -0.25) is 0 Å². The molecule has 0 heterocycles. The van der Waals surface area contributed by atoms with E-state index < -0.39 is 26.7 Å². The van der Waals surface area contributed by atoms with Gasteiger partial charge in [-0.1, -0.05) is 0 Å². The molecule has 0 aromatic carbocycles. The van der Waals surface area contributed by atoms with Crippen LogP contribution in [0.25, 0.3) is 0 Å². The molecule has 0 saturated heterocycles. The third-order valence-electron chi connectivity index (χ3n) is 7.34. The van der Waals surface area contributed by atoms with Gasteiger partial charge >= 0.3 is 222 Å². The molecule has 0 saturated carbocycles. The summed E-state index contributed by atoms with van der Waals surface area (Å²) in [6.07, 6.45) is 14.5. The van der Waals surface area contributed by atoms with E-state index in [9.17, 15) is 0 Å². The van der Waals surface area contributed by atoms with E-state index in [1.807, 2.05) is 0 Å². The third-order valence-corrected chi connectivity index (χ3v) is 25.8. The van der Waals surface area contributed by atoms with Crippen molar-refractivity contribution in [2.45, 2.75) is 169 Å². The zero-order valence-corrected chi connectivity index (χ0v) is 29.0. The first-order valence-electron chi connectivity index (χ1n) is 15.1. The van der Waals surface area contributed by atoms with E-state index in [4.69, 9.17) is 13.9 Å². The predicted octanol–water partition coefficient (Wildman–Crippen LogP) is 9.97. The van der Waals surface area contributed by atoms with Gasteiger partial charge in [-0.2, -0.15) is 0 Å². The number of hydrogen-bond donors (Lipinski definition) is 0. The Bertz CT molecular complexity index is 447. The van der Waals surface area contributed by atoms with Crippen LogP contribution in [0.4, 0.5) is 0 Å². The second kappa shape index (κ2) is 19.9. The van der Waals surface area contributed by atoms with Crippen LogP contribution >= 0.6 is 0 Å². The Morgan fingerprint density at radius 2 is 1.18 bits per heavy atom. The first-order valence-corrected chi connectivity index (χ1v) is 26.2. The Morgan fingerprint density at radius 3 is 1.59 bits per heavy atom. The van der Waals surface area contributed by atoms with E-state index in [1.165, 1.54) is 77.5 Å². The number of hydrogen-bond acceptors (Lipinski definition) is 3. The van der Waals surface area contributed by atoms with Crippen molar-refractivity contribution < 1.29 is 13.9 Å². The fraction of sp³-hybridized carbons (Fsp3) is 1.00. The van der Waals surface area contributed by atoms with Crippen molar-refractivity contribution in [2.24, 2.45) is 5.92 Å². The van der Waals surface area contributed by atoms with Crippen LogP contribution in [0.5, 0.6) is 0 Å². The molecule has 0 spiro atoms. The summed E-state index contributed by atoms with van der Waals surface area (Å²) < 4.78 is 24.8. The average Bonchev–Trinajstić information content (AvgIpc) is 2.78. The Hall–Kier alpha value is 0.896. The van der Waals surface area contributed by atoms with Crippen molar-refractivity contribution in [2.75, 3.05) is 6.61 Å². The molecule has 0 aromatic rings. The molecule has 3 nitrogen and oxygen atoms in total. The van der Waals surface area contributed by atoms with Gasteiger partial charge in [0.2, 0.25) is 0 Å². The van der Waals surface area contributed by atoms with Gasteiger partial charge < -0.3 is 0 Å². The second-order valence-electron chi connectivity index (χ2n) is 11.7. The van der Waals surface area contributed by atoms with Gasteiger partial charge in [0.1, 0.15) is 0 Å². The summed E-state index contributed by atoms with van der Waals surface area (Å²) in [6.45, 7) is 24.0. The molecule has 206 valence electrons. The molecule has 0 radical (unpaired) electrons. The van der Waals surface area contributed by atoms with E-state index in [0.717, 1.165) is 6.42 Å². The summed E-state index contributed by atoms with van der Waals surface area (Å²) in [5.74, 6) is 0.456. The summed E-state index contributed by atoms with van der Waals surface area (Å²) in [5, 5.41) is 0. The van der Waals surface area contributed by atoms with Gasteiger partial charge in [-0.25, -0.2) is 0 Å². The Labute approximate surface area is 220 Å². The van der Waals surface area contributed by atoms with E-state index in [2.05, 4.69) is 68.1 Å². The first-order chi connectivity index (χ1) is 16.1. The van der Waals surface area contributed by atoms with Crippen LogP contribution in [0.3, 0.4) is 0 Å². The Morgan fingerprint density at radius 1 is 0.676 bits per heavy atom. The minimum atomic E-state index is -2.63. The summed E-state index contributed by atoms with van der Waals surface area (Å²) in [7, 11) is -1.69. The summed E-state index contributed by atoms with van der Waals surface area (Å²) in [5.41, 5.74) is 0. The normalized spacial score (nSPS) is 16.4. The van der Waals surface area contributed by atoms with Crippen LogP contribution in [0.2, 0.25) is 33.0 Å². The fourth-order valence-corrected chi connectivity index (χ4v) is 29.3. The zero-order valence-electron chi connectivity index (χ0n) is 25.1. The van der Waals surface area contributed by atoms with Crippen molar-refractivity contribution in [1.29, 1.82) is 0 Å². The Balaban J connectivity index is 6.21. The monoisotopic (exact) mass is 608 g/mol. The molecule has 0 bridgehead atoms. The van der Waals surface area contributed by atoms with Gasteiger partial charge in [0.15, 0.2) is 0 Å². The van der Waals surface area contributed by atoms with Gasteiger partial charge in [0.25, 0.3) is 0 Å². The molecule has 0 N–H and O–H groups in total. The van der Waals surface area contributed by atoms with Crippen LogP contribution in [-0.2, 0) is 13.9 Å². The van der Waals surface area contributed by atoms with Crippen LogP contribution in [0, 0.1) is 5.92 Å². The first kappa shape index (κ1) is 34.9. The second-order valence-corrected chi connectivity index (χ2v) is 29.9. The SMILES string of the molecule is CCCCCC[C@H](OC(C)OCC)[C@@H](C)[CH](O[Si](C)(C)C)[Sn]([CH2]CCC)([CH2]CCC)[CH2]CCC. The number of unbranched alkanes of at least 4 members (excludes halogenated alkanes) is 6. The molecule has 0 aromatic heterocycles. The van der Waals surface area contributed by atoms with Gasteiger partial charge in [0, 0.05) is 0 Å². The summed E-state index contributed by atoms with van der Waals surface area (Å²) in [6, 6.07) is 0. The van der Waals surface area contributed by atoms with E-state index in [-0.39, 0.29) is 12.4 Å². The summed E-state index contributed by atoms with van der Waals surface area (Å²) >= 11 is -2.63. The van der Waals surface area contributed by atoms with Crippen molar-refractivity contribution in [3.05, 3.63) is 0 Å². The molecule has 0 aliphatic rings. The zero-order chi connectivity index (χ0) is 26.0. The van der Waals surface area contributed by atoms with E-state index in [1.54, 1.807) is 0 Å². The van der Waals surface area contributed by atoms with Crippen LogP contribution in [-0.4, -0.2) is 49.8 Å². The molecular formula is C29H64O3SiSn. The molecule has 0 fully saturated rings. The molecule has 0 aliphatic carbocycles. The van der Waals surface area contributed by atoms with Crippen molar-refractivity contribution >= 4 is 26.7 Å². The third kappa shape index (κ3) is 14.6. The van der Waals surface area contributed by atoms with Crippen molar-refractivity contribution in [3.63, 3.8) is 0 Å². The molecule has 2 unspecified atom stereocenters.